The molecule has 2 rings (SSSR count). The number of nitrogens with two attached hydrogens (primary N) is 1. The average molecular weight is 199 g/mol. The molecule has 13 heavy (non-hydrogen) atoms. The first-order chi connectivity index (χ1) is 6.27. The van der Waals surface area contributed by atoms with E-state index >= 15 is 0 Å². The normalized spacial score (nSPS) is 22.0. The molecule has 1 atom stereocenters. The predicted octanol–water partition coefficient (Wildman–Crippen LogP) is 0.0450. The molecule has 0 radical (unpaired) electrons. The first kappa shape index (κ1) is 8.58. The number of thioether (sulfide) groups is 1. The van der Waals surface area contributed by atoms with E-state index in [1.165, 1.54) is 4.57 Å². The van der Waals surface area contributed by atoms with E-state index in [2.05, 4.69) is 4.98 Å². The molecule has 6 heteroatoms. The number of nitrogens with zero attached hydrogens (tertiary/aromatic N) is 2. The number of anilines is 1. The van der Waals surface area contributed by atoms with E-state index < -0.39 is 0 Å². The van der Waals surface area contributed by atoms with Gasteiger partial charge in [-0.3, -0.25) is 4.57 Å². The molecule has 5 nitrogen and oxygen atoms in total. The number of hydrogen-bond donors (Lipinski definition) is 1. The van der Waals surface area contributed by atoms with Gasteiger partial charge in [0.15, 0.2) is 0 Å². The van der Waals surface area contributed by atoms with Gasteiger partial charge in [-0.1, -0.05) is 0 Å². The van der Waals surface area contributed by atoms with Crippen LogP contribution in [0.4, 0.5) is 5.82 Å². The maximum Gasteiger partial charge on any atom is 0.351 e. The molecule has 70 valence electrons. The third-order valence-corrected chi connectivity index (χ3v) is 2.59. The van der Waals surface area contributed by atoms with E-state index in [1.54, 1.807) is 24.0 Å². The maximum atomic E-state index is 11.3. The summed E-state index contributed by atoms with van der Waals surface area (Å²) < 4.78 is 6.76. The average Bonchev–Trinajstić information content (AvgIpc) is 2.56. The van der Waals surface area contributed by atoms with Crippen molar-refractivity contribution in [3.63, 3.8) is 0 Å². The molecule has 1 aromatic rings. The second-order valence-electron chi connectivity index (χ2n) is 2.65. The number of nitrogen functional groups attached to an aromatic ring is 1. The second kappa shape index (κ2) is 3.39. The van der Waals surface area contributed by atoms with Crippen molar-refractivity contribution < 1.29 is 4.74 Å². The minimum absolute atomic E-state index is 0.189. The molecule has 0 spiro atoms. The summed E-state index contributed by atoms with van der Waals surface area (Å²) in [5.41, 5.74) is 5.00. The van der Waals surface area contributed by atoms with Gasteiger partial charge in [0.1, 0.15) is 12.0 Å². The highest BCUT2D eigenvalue weighted by Crippen LogP contribution is 2.23. The Hall–Kier alpha value is -1.01. The first-order valence-electron chi connectivity index (χ1n) is 3.81. The Morgan fingerprint density at radius 3 is 3.23 bits per heavy atom. The SMILES string of the molecule is Nc1ccn(C2CSCO2)c(=O)n1. The Balaban J connectivity index is 2.34. The molecular weight excluding hydrogens is 190 g/mol. The van der Waals surface area contributed by atoms with E-state index in [0.29, 0.717) is 5.94 Å². The van der Waals surface area contributed by atoms with E-state index in [0.717, 1.165) is 5.75 Å². The van der Waals surface area contributed by atoms with Crippen LogP contribution in [0.5, 0.6) is 0 Å². The molecule has 1 aliphatic rings. The topological polar surface area (TPSA) is 70.1 Å². The summed E-state index contributed by atoms with van der Waals surface area (Å²) in [6, 6.07) is 1.59. The molecule has 1 fully saturated rings. The lowest BCUT2D eigenvalue weighted by Gasteiger charge is -2.10. The molecule has 0 aromatic carbocycles. The van der Waals surface area contributed by atoms with Crippen molar-refractivity contribution in [2.24, 2.45) is 0 Å². The lowest BCUT2D eigenvalue weighted by atomic mass is 10.5. The monoisotopic (exact) mass is 199 g/mol. The Morgan fingerprint density at radius 2 is 2.62 bits per heavy atom. The Bertz CT molecular complexity index is 359. The third-order valence-electron chi connectivity index (χ3n) is 1.77. The molecule has 2 heterocycles. The highest BCUT2D eigenvalue weighted by Gasteiger charge is 2.18. The van der Waals surface area contributed by atoms with Crippen molar-refractivity contribution in [2.45, 2.75) is 6.23 Å². The molecule has 2 N–H and O–H groups in total. The quantitative estimate of drug-likeness (QED) is 0.691. The number of aromatic nitrogens is 2. The van der Waals surface area contributed by atoms with Gasteiger partial charge >= 0.3 is 5.69 Å². The Morgan fingerprint density at radius 1 is 1.77 bits per heavy atom. The van der Waals surface area contributed by atoms with Crippen molar-refractivity contribution in [3.8, 4) is 0 Å². The van der Waals surface area contributed by atoms with Gasteiger partial charge in [0.2, 0.25) is 0 Å². The van der Waals surface area contributed by atoms with Crippen LogP contribution in [0.3, 0.4) is 0 Å². The van der Waals surface area contributed by atoms with E-state index in [-0.39, 0.29) is 17.7 Å². The van der Waals surface area contributed by atoms with Gasteiger partial charge in [-0.15, -0.1) is 11.8 Å². The summed E-state index contributed by atoms with van der Waals surface area (Å²) in [6.45, 7) is 0. The van der Waals surface area contributed by atoms with Crippen LogP contribution >= 0.6 is 11.8 Å². The summed E-state index contributed by atoms with van der Waals surface area (Å²) >= 11 is 1.65. The van der Waals surface area contributed by atoms with Crippen LogP contribution in [-0.4, -0.2) is 21.2 Å². The van der Waals surface area contributed by atoms with E-state index in [4.69, 9.17) is 10.5 Å². The van der Waals surface area contributed by atoms with Crippen LogP contribution in [0.25, 0.3) is 0 Å². The fourth-order valence-corrected chi connectivity index (χ4v) is 1.94. The zero-order valence-corrected chi connectivity index (χ0v) is 7.66. The Labute approximate surface area is 78.9 Å². The fraction of sp³-hybridized carbons (Fsp3) is 0.429. The van der Waals surface area contributed by atoms with Crippen molar-refractivity contribution in [1.82, 2.24) is 9.55 Å². The molecule has 1 aromatic heterocycles. The van der Waals surface area contributed by atoms with Gasteiger partial charge in [0.05, 0.1) is 5.94 Å². The maximum absolute atomic E-state index is 11.3. The summed E-state index contributed by atoms with van der Waals surface area (Å²) in [5, 5.41) is 0. The van der Waals surface area contributed by atoms with Crippen LogP contribution in [-0.2, 0) is 4.74 Å². The van der Waals surface area contributed by atoms with Gasteiger partial charge in [-0.25, -0.2) is 4.79 Å². The largest absolute Gasteiger partial charge is 0.383 e. The molecule has 0 saturated carbocycles. The minimum atomic E-state index is -0.354. The van der Waals surface area contributed by atoms with Gasteiger partial charge in [-0.2, -0.15) is 4.98 Å². The zero-order valence-electron chi connectivity index (χ0n) is 6.84. The molecule has 1 unspecified atom stereocenters. The molecule has 1 aliphatic heterocycles. The number of hydrogen-bond acceptors (Lipinski definition) is 5. The second-order valence-corrected chi connectivity index (χ2v) is 3.63. The van der Waals surface area contributed by atoms with Gasteiger partial charge in [0, 0.05) is 11.9 Å². The lowest BCUT2D eigenvalue weighted by Crippen LogP contribution is -2.27. The highest BCUT2D eigenvalue weighted by atomic mass is 32.2. The summed E-state index contributed by atoms with van der Waals surface area (Å²) in [5.74, 6) is 1.65. The lowest BCUT2D eigenvalue weighted by molar-refractivity contribution is 0.0639. The van der Waals surface area contributed by atoms with Crippen LogP contribution in [0.1, 0.15) is 6.23 Å². The number of ether oxygens (including phenoxy) is 1. The standard InChI is InChI=1S/C7H9N3O2S/c8-5-1-2-10(7(11)9-5)6-3-13-4-12-6/h1-2,6H,3-4H2,(H2,8,9,11). The van der Waals surface area contributed by atoms with Gasteiger partial charge in [-0.05, 0) is 6.07 Å². The molecule has 0 aliphatic carbocycles. The molecule has 1 saturated heterocycles. The van der Waals surface area contributed by atoms with Crippen molar-refractivity contribution >= 4 is 17.6 Å². The molecule has 0 amide bonds. The van der Waals surface area contributed by atoms with E-state index in [1.807, 2.05) is 0 Å². The predicted molar refractivity (Wildman–Crippen MR) is 50.4 cm³/mol. The smallest absolute Gasteiger partial charge is 0.351 e. The van der Waals surface area contributed by atoms with Crippen LogP contribution in [0, 0.1) is 0 Å². The molecule has 0 bridgehead atoms. The third kappa shape index (κ3) is 1.68. The van der Waals surface area contributed by atoms with Crippen LogP contribution < -0.4 is 11.4 Å². The Kier molecular flexibility index (Phi) is 2.24. The van der Waals surface area contributed by atoms with Gasteiger partial charge < -0.3 is 10.5 Å². The number of rotatable bonds is 1. The summed E-state index contributed by atoms with van der Waals surface area (Å²) in [4.78, 5) is 14.9. The minimum Gasteiger partial charge on any atom is -0.383 e. The van der Waals surface area contributed by atoms with Crippen molar-refractivity contribution in [3.05, 3.63) is 22.7 Å². The van der Waals surface area contributed by atoms with E-state index in [9.17, 15) is 4.79 Å². The van der Waals surface area contributed by atoms with Crippen LogP contribution in [0.2, 0.25) is 0 Å². The summed E-state index contributed by atoms with van der Waals surface area (Å²) in [6.07, 6.45) is 1.42. The first-order valence-corrected chi connectivity index (χ1v) is 4.97. The van der Waals surface area contributed by atoms with Crippen molar-refractivity contribution in [2.75, 3.05) is 17.4 Å². The highest BCUT2D eigenvalue weighted by molar-refractivity contribution is 7.99. The van der Waals surface area contributed by atoms with Crippen molar-refractivity contribution in [1.29, 1.82) is 0 Å². The van der Waals surface area contributed by atoms with Gasteiger partial charge in [0.25, 0.3) is 0 Å². The molecular formula is C7H9N3O2S. The van der Waals surface area contributed by atoms with Crippen LogP contribution in [0.15, 0.2) is 17.1 Å². The summed E-state index contributed by atoms with van der Waals surface area (Å²) in [7, 11) is 0. The zero-order chi connectivity index (χ0) is 9.26. The fourth-order valence-electron chi connectivity index (χ4n) is 1.13.